The average molecular weight is 1870 g/mol. The van der Waals surface area contributed by atoms with Gasteiger partial charge in [0.1, 0.15) is 82.6 Å². The van der Waals surface area contributed by atoms with Gasteiger partial charge in [0, 0.05) is 80.5 Å². The van der Waals surface area contributed by atoms with Gasteiger partial charge in [-0.1, -0.05) is 178 Å². The molecule has 14 N–H and O–H groups in total. The van der Waals surface area contributed by atoms with Crippen LogP contribution in [0.4, 0.5) is 0 Å². The highest BCUT2D eigenvalue weighted by Crippen LogP contribution is 2.45. The van der Waals surface area contributed by atoms with Crippen LogP contribution in [0.15, 0.2) is 206 Å². The number of amides is 10. The number of likely N-dealkylation sites (tertiary alicyclic amines) is 1. The van der Waals surface area contributed by atoms with Gasteiger partial charge in [-0.05, 0) is 200 Å². The summed E-state index contributed by atoms with van der Waals surface area (Å²) in [6, 6.07) is 44.4. The number of guanidine groups is 1. The van der Waals surface area contributed by atoms with Crippen LogP contribution < -0.4 is 67.8 Å². The van der Waals surface area contributed by atoms with Gasteiger partial charge < -0.3 is 82.2 Å². The molecule has 5 heterocycles. The normalized spacial score (nSPS) is 16.4. The van der Waals surface area contributed by atoms with Gasteiger partial charge in [0.2, 0.25) is 65.0 Å². The van der Waals surface area contributed by atoms with Crippen LogP contribution in [0.5, 0.6) is 11.5 Å². The van der Waals surface area contributed by atoms with Gasteiger partial charge in [0.25, 0.3) is 10.0 Å². The number of H-pyrrole nitrogens is 1. The van der Waals surface area contributed by atoms with E-state index in [1.54, 1.807) is 84.4 Å². The lowest BCUT2D eigenvalue weighted by atomic mass is 9.77. The van der Waals surface area contributed by atoms with Gasteiger partial charge in [-0.3, -0.25) is 53.4 Å². The van der Waals surface area contributed by atoms with Gasteiger partial charge in [-0.15, -0.1) is 0 Å². The smallest absolute Gasteiger partial charge is 0.264 e. The molecule has 718 valence electrons. The number of nitrogens with zero attached hydrogens (tertiary/aromatic N) is 3. The van der Waals surface area contributed by atoms with Crippen molar-refractivity contribution in [3.8, 4) is 11.5 Å². The molecule has 3 aliphatic rings. The fourth-order valence-corrected chi connectivity index (χ4v) is 19.7. The van der Waals surface area contributed by atoms with Gasteiger partial charge in [-0.2, -0.15) is 0 Å². The highest BCUT2D eigenvalue weighted by Gasteiger charge is 2.44. The van der Waals surface area contributed by atoms with Crippen LogP contribution in [0.25, 0.3) is 21.7 Å². The highest BCUT2D eigenvalue weighted by atomic mass is 32.2. The number of ether oxygens (including phenoxy) is 3. The van der Waals surface area contributed by atoms with Gasteiger partial charge >= 0.3 is 0 Å². The predicted molar refractivity (Wildman–Crippen MR) is 519 cm³/mol. The first kappa shape index (κ1) is 99.7. The van der Waals surface area contributed by atoms with E-state index in [-0.39, 0.29) is 94.0 Å². The van der Waals surface area contributed by atoms with E-state index in [0.29, 0.717) is 74.3 Å². The Morgan fingerprint density at radius 3 is 1.74 bits per heavy atom. The summed E-state index contributed by atoms with van der Waals surface area (Å²) in [5, 5.41) is 37.2. The first-order valence-electron chi connectivity index (χ1n) is 46.4. The summed E-state index contributed by atoms with van der Waals surface area (Å²) in [6.07, 6.45) is 5.66. The van der Waals surface area contributed by atoms with Gasteiger partial charge in [0.15, 0.2) is 0 Å². The molecule has 0 radical (unpaired) electrons. The van der Waals surface area contributed by atoms with Crippen molar-refractivity contribution in [2.24, 2.45) is 11.7 Å². The van der Waals surface area contributed by atoms with Crippen molar-refractivity contribution in [1.29, 1.82) is 5.41 Å². The minimum absolute atomic E-state index is 0.00926. The Balaban J connectivity index is 0.795. The third kappa shape index (κ3) is 24.7. The molecule has 2 aromatic heterocycles. The number of nitrogens with one attached hydrogen (secondary N) is 12. The minimum Gasteiger partial charge on any atom is -0.488 e. The number of fused-ring (bicyclic) bond motifs is 3. The Kier molecular flexibility index (Phi) is 31.4. The van der Waals surface area contributed by atoms with Crippen molar-refractivity contribution in [2.75, 3.05) is 19.7 Å². The maximum absolute atomic E-state index is 16.0. The first-order valence-corrected chi connectivity index (χ1v) is 47.9. The number of nitrogens with two attached hydrogens (primary N) is 1. The van der Waals surface area contributed by atoms with Crippen LogP contribution in [-0.2, 0) is 100 Å². The van der Waals surface area contributed by atoms with Crippen molar-refractivity contribution in [1.82, 2.24) is 72.0 Å². The van der Waals surface area contributed by atoms with E-state index in [1.165, 1.54) is 4.90 Å². The van der Waals surface area contributed by atoms with Crippen molar-refractivity contribution in [3.63, 3.8) is 0 Å². The van der Waals surface area contributed by atoms with E-state index in [1.807, 2.05) is 211 Å². The number of aromatic nitrogens is 3. The lowest BCUT2D eigenvalue weighted by molar-refractivity contribution is -0.141. The number of hydrogen-bond donors (Lipinski definition) is 13. The summed E-state index contributed by atoms with van der Waals surface area (Å²) in [4.78, 5) is 159. The monoisotopic (exact) mass is 1870 g/mol. The Hall–Kier alpha value is -13.8. The Morgan fingerprint density at radius 2 is 1.15 bits per heavy atom. The van der Waals surface area contributed by atoms with E-state index in [2.05, 4.69) is 57.6 Å². The molecule has 13 rings (SSSR count). The molecule has 136 heavy (non-hydrogen) atoms. The SMILES string of the molecule is Cc1c(C)c(S(=O)(=O)NC(=N)NCCC[C@H](NC(=O)[C@H](CC(C)C)NC(=O)[C@@H](Cc2ccc3ccccc3c2)NC(=O)[C@H](Cc2ccc(OC(C)(C)C)cc2)NC(=O)[C@H](COC(C)(C)C)NC(=O)[C@H](Cc2c[nH]c3ccccc23)NC(=O)[C@H](Cc2cn(C(c3ccccc3)(c3ccccc3)c3ccccc3)cn2)NC(=O)[C@@H]2CCC(=O)N2)C(=O)N2CCC[C@H]2C(N)=O)c(C)c2c1OC(C)(C)C2. The second-order valence-electron chi connectivity index (χ2n) is 38.6. The fraction of sp³-hybridized carbons (Fsp3) is 0.404. The maximum Gasteiger partial charge on any atom is 0.264 e. The predicted octanol–water partition coefficient (Wildman–Crippen LogP) is 9.74. The Labute approximate surface area is 793 Å². The summed E-state index contributed by atoms with van der Waals surface area (Å²) < 4.78 is 51.5. The van der Waals surface area contributed by atoms with Gasteiger partial charge in [0.05, 0.1) is 29.1 Å². The Bertz CT molecular complexity index is 6070. The summed E-state index contributed by atoms with van der Waals surface area (Å²) in [7, 11) is -4.34. The molecule has 0 unspecified atom stereocenters. The van der Waals surface area contributed by atoms with Gasteiger partial charge in [-0.25, -0.2) is 18.1 Å². The molecule has 32 heteroatoms. The number of imidazole rings is 1. The molecule has 0 aliphatic carbocycles. The van der Waals surface area contributed by atoms with Crippen LogP contribution in [0.3, 0.4) is 0 Å². The largest absolute Gasteiger partial charge is 0.488 e. The number of primary amides is 1. The van der Waals surface area contributed by atoms with Crippen LogP contribution in [-0.4, -0.2) is 184 Å². The number of carbonyl (C=O) groups excluding carboxylic acids is 10. The van der Waals surface area contributed by atoms with Crippen molar-refractivity contribution < 1.29 is 70.6 Å². The molecule has 9 atom stereocenters. The van der Waals surface area contributed by atoms with Crippen LogP contribution in [0.1, 0.15) is 176 Å². The standard InChI is InChI=1S/C104H126N16O15S/c1-62(2)51-81(93(124)111-80(99(130)120-50-28-40-87(120)91(105)122)39-27-49-107-100(106)118-136(131,132)90-64(4)63(3)89-77(65(90)5)57-103(12,13)135-89)112-95(126)83(54-67-41-44-68-29-23-24-30-69(68)52-67)113-94(125)82(53-66-42-45-75(46-43-66)134-102(9,10)11)114-98(129)86(60-133-101(6,7)8)117-96(127)84(55-70-58-108-78-38-26-25-37-76(70)78)115-97(128)85(116-92(123)79-47-48-88(121)110-79)56-74-59-119(61-109-74)104(71-31-17-14-18-32-71,72-33-19-15-20-34-72)73-35-21-16-22-36-73/h14-26,29-38,41-46,52,58-59,61-62,79-87,108H,27-28,39-40,47-51,53-57,60H2,1-13H3,(H2,105,122)(H,110,121)(H,111,124)(H,112,126)(H,113,125)(H,114,129)(H,115,128)(H,116,123)(H,117,127)(H3,106,107,118)/t79-,80-,81-,82-,83+,84-,85-,86-,87-/m0/s1. The van der Waals surface area contributed by atoms with Crippen LogP contribution in [0.2, 0.25) is 0 Å². The quantitative estimate of drug-likeness (QED) is 0.00737. The number of aromatic amines is 1. The van der Waals surface area contributed by atoms with E-state index in [0.717, 1.165) is 33.0 Å². The maximum atomic E-state index is 16.0. The third-order valence-corrected chi connectivity index (χ3v) is 26.5. The Morgan fingerprint density at radius 1 is 0.610 bits per heavy atom. The van der Waals surface area contributed by atoms with Crippen molar-refractivity contribution in [2.45, 2.75) is 249 Å². The highest BCUT2D eigenvalue weighted by molar-refractivity contribution is 7.90. The van der Waals surface area contributed by atoms with E-state index in [4.69, 9.17) is 30.3 Å². The molecule has 3 aliphatic heterocycles. The summed E-state index contributed by atoms with van der Waals surface area (Å²) in [6.45, 7) is 23.2. The molecule has 0 spiro atoms. The molecule has 31 nitrogen and oxygen atoms in total. The lowest BCUT2D eigenvalue weighted by Gasteiger charge is -2.37. The zero-order valence-corrected chi connectivity index (χ0v) is 80.2. The van der Waals surface area contributed by atoms with Crippen LogP contribution in [0, 0.1) is 32.1 Å². The number of sulfonamides is 1. The van der Waals surface area contributed by atoms with E-state index in [9.17, 15) is 27.6 Å². The molecule has 0 bridgehead atoms. The number of hydrogen-bond acceptors (Lipinski definition) is 17. The zero-order valence-electron chi connectivity index (χ0n) is 79.4. The summed E-state index contributed by atoms with van der Waals surface area (Å²) in [5.74, 6) is -7.31. The van der Waals surface area contributed by atoms with Crippen molar-refractivity contribution in [3.05, 3.63) is 262 Å². The van der Waals surface area contributed by atoms with E-state index >= 15 is 28.8 Å². The second-order valence-corrected chi connectivity index (χ2v) is 40.2. The van der Waals surface area contributed by atoms with Crippen molar-refractivity contribution >= 4 is 96.7 Å². The molecule has 0 saturated carbocycles. The lowest BCUT2D eigenvalue weighted by Crippen LogP contribution is -2.62. The number of para-hydroxylation sites is 1. The number of carbonyl (C=O) groups is 10. The average Bonchev–Trinajstić information content (AvgIpc) is 1.27. The zero-order chi connectivity index (χ0) is 97.7. The van der Waals surface area contributed by atoms with E-state index < -0.39 is 152 Å². The summed E-state index contributed by atoms with van der Waals surface area (Å²) >= 11 is 0. The second kappa shape index (κ2) is 42.9. The molecular formula is C104H126N16O15S. The fourth-order valence-electron chi connectivity index (χ4n) is 18.2. The molecule has 8 aromatic carbocycles. The minimum atomic E-state index is -4.34. The number of rotatable bonds is 39. The molecule has 2 saturated heterocycles. The molecule has 2 fully saturated rings. The molecule has 10 aromatic rings. The van der Waals surface area contributed by atoms with Crippen LogP contribution >= 0.6 is 0 Å². The number of benzene rings is 8. The summed E-state index contributed by atoms with van der Waals surface area (Å²) in [5.41, 5.74) is 10.5. The first-order chi connectivity index (χ1) is 64.6. The third-order valence-electron chi connectivity index (χ3n) is 24.9. The molecule has 10 amide bonds. The molecular weight excluding hydrogens is 1750 g/mol. The topological polar surface area (TPSA) is 440 Å².